The molecule has 0 fully saturated rings. The van der Waals surface area contributed by atoms with Crippen molar-refractivity contribution < 1.29 is 9.90 Å². The molecule has 1 aromatic carbocycles. The molecule has 1 N–H and O–H groups in total. The highest BCUT2D eigenvalue weighted by Crippen LogP contribution is 2.34. The van der Waals surface area contributed by atoms with Gasteiger partial charge in [-0.25, -0.2) is 0 Å². The van der Waals surface area contributed by atoms with Crippen LogP contribution >= 0.6 is 12.6 Å². The van der Waals surface area contributed by atoms with Crippen molar-refractivity contribution in [3.8, 4) is 0 Å². The third-order valence-corrected chi connectivity index (χ3v) is 3.49. The Morgan fingerprint density at radius 2 is 1.88 bits per heavy atom. The van der Waals surface area contributed by atoms with Crippen LogP contribution in [-0.2, 0) is 4.79 Å². The Morgan fingerprint density at radius 3 is 2.29 bits per heavy atom. The van der Waals surface area contributed by atoms with Gasteiger partial charge < -0.3 is 5.11 Å². The average molecular weight is 252 g/mol. The Bertz CT molecular complexity index is 382. The Balaban J connectivity index is 2.86. The number of carbonyl (C=O) groups is 1. The molecule has 0 radical (unpaired) electrons. The van der Waals surface area contributed by atoms with Crippen LogP contribution in [0.25, 0.3) is 0 Å². The predicted octanol–water partition coefficient (Wildman–Crippen LogP) is 3.97. The van der Waals surface area contributed by atoms with E-state index in [-0.39, 0.29) is 5.92 Å². The van der Waals surface area contributed by atoms with Crippen molar-refractivity contribution in [2.24, 2.45) is 5.41 Å². The first-order valence-electron chi connectivity index (χ1n) is 5.89. The zero-order valence-corrected chi connectivity index (χ0v) is 11.5. The summed E-state index contributed by atoms with van der Waals surface area (Å²) >= 11 is 4.25. The molecule has 1 atom stereocenters. The predicted molar refractivity (Wildman–Crippen MR) is 72.8 cm³/mol. The summed E-state index contributed by atoms with van der Waals surface area (Å²) in [7, 11) is 0. The van der Waals surface area contributed by atoms with Gasteiger partial charge in [0.2, 0.25) is 0 Å². The summed E-state index contributed by atoms with van der Waals surface area (Å²) in [4.78, 5) is 12.1. The van der Waals surface area contributed by atoms with Gasteiger partial charge >= 0.3 is 5.97 Å². The first-order chi connectivity index (χ1) is 7.86. The minimum absolute atomic E-state index is 0.287. The van der Waals surface area contributed by atoms with Crippen molar-refractivity contribution in [3.05, 3.63) is 29.8 Å². The van der Waals surface area contributed by atoms with Crippen LogP contribution in [-0.4, -0.2) is 11.1 Å². The Kier molecular flexibility index (Phi) is 4.63. The van der Waals surface area contributed by atoms with Crippen molar-refractivity contribution >= 4 is 18.6 Å². The molecule has 3 heteroatoms. The molecule has 0 saturated carbocycles. The van der Waals surface area contributed by atoms with Crippen molar-refractivity contribution in [2.45, 2.75) is 44.4 Å². The lowest BCUT2D eigenvalue weighted by molar-refractivity contribution is -0.147. The third kappa shape index (κ3) is 3.77. The Morgan fingerprint density at radius 1 is 1.35 bits per heavy atom. The molecule has 2 nitrogen and oxygen atoms in total. The van der Waals surface area contributed by atoms with Crippen molar-refractivity contribution in [1.29, 1.82) is 0 Å². The highest BCUT2D eigenvalue weighted by atomic mass is 32.1. The van der Waals surface area contributed by atoms with Crippen LogP contribution in [0.2, 0.25) is 0 Å². The third-order valence-electron chi connectivity index (χ3n) is 3.19. The molecule has 0 aromatic heterocycles. The van der Waals surface area contributed by atoms with Crippen molar-refractivity contribution in [2.75, 3.05) is 0 Å². The summed E-state index contributed by atoms with van der Waals surface area (Å²) in [5.41, 5.74) is 0.514. The van der Waals surface area contributed by atoms with E-state index in [1.54, 1.807) is 13.8 Å². The second kappa shape index (κ2) is 5.58. The standard InChI is InChI=1S/C14H20O2S/c1-4-10(9-14(2,3)13(15)16)11-5-7-12(17)8-6-11/h5-8,10,17H,4,9H2,1-3H3,(H,15,16). The Hall–Kier alpha value is -0.960. The number of carboxylic acids is 1. The minimum atomic E-state index is -0.734. The fourth-order valence-electron chi connectivity index (χ4n) is 1.95. The van der Waals surface area contributed by atoms with E-state index in [0.29, 0.717) is 6.42 Å². The molecule has 1 aromatic rings. The van der Waals surface area contributed by atoms with Crippen LogP contribution in [0.5, 0.6) is 0 Å². The lowest BCUT2D eigenvalue weighted by Crippen LogP contribution is -2.26. The van der Waals surface area contributed by atoms with E-state index in [1.807, 2.05) is 24.3 Å². The number of rotatable bonds is 5. The average Bonchev–Trinajstić information content (AvgIpc) is 2.27. The summed E-state index contributed by atoms with van der Waals surface area (Å²) in [5.74, 6) is -0.447. The van der Waals surface area contributed by atoms with Gasteiger partial charge in [-0.15, -0.1) is 12.6 Å². The molecule has 17 heavy (non-hydrogen) atoms. The maximum absolute atomic E-state index is 11.1. The fraction of sp³-hybridized carbons (Fsp3) is 0.500. The van der Waals surface area contributed by atoms with Crippen molar-refractivity contribution in [3.63, 3.8) is 0 Å². The van der Waals surface area contributed by atoms with E-state index in [4.69, 9.17) is 5.11 Å². The fourth-order valence-corrected chi connectivity index (χ4v) is 2.10. The quantitative estimate of drug-likeness (QED) is 0.778. The van der Waals surface area contributed by atoms with E-state index in [9.17, 15) is 4.79 Å². The SMILES string of the molecule is CCC(CC(C)(C)C(=O)O)c1ccc(S)cc1. The number of hydrogen-bond donors (Lipinski definition) is 2. The maximum atomic E-state index is 11.1. The summed E-state index contributed by atoms with van der Waals surface area (Å²) in [6.45, 7) is 5.66. The van der Waals surface area contributed by atoms with Crippen LogP contribution in [0.15, 0.2) is 29.2 Å². The van der Waals surface area contributed by atoms with Crippen LogP contribution in [0.1, 0.15) is 45.1 Å². The summed E-state index contributed by atoms with van der Waals surface area (Å²) < 4.78 is 0. The number of aliphatic carboxylic acids is 1. The number of thiol groups is 1. The van der Waals surface area contributed by atoms with Gasteiger partial charge in [-0.1, -0.05) is 19.1 Å². The number of benzene rings is 1. The normalized spacial score (nSPS) is 13.4. The van der Waals surface area contributed by atoms with Gasteiger partial charge in [-0.2, -0.15) is 0 Å². The topological polar surface area (TPSA) is 37.3 Å². The first kappa shape index (κ1) is 14.1. The number of carboxylic acid groups (broad SMARTS) is 1. The molecule has 0 aliphatic heterocycles. The molecule has 1 rings (SSSR count). The molecule has 0 saturated heterocycles. The number of hydrogen-bond acceptors (Lipinski definition) is 2. The van der Waals surface area contributed by atoms with E-state index in [1.165, 1.54) is 5.56 Å². The molecule has 0 spiro atoms. The summed E-state index contributed by atoms with van der Waals surface area (Å²) in [5, 5.41) is 9.16. The minimum Gasteiger partial charge on any atom is -0.481 e. The molecule has 94 valence electrons. The molecule has 0 aliphatic carbocycles. The molecule has 1 unspecified atom stereocenters. The van der Waals surface area contributed by atoms with Crippen molar-refractivity contribution in [1.82, 2.24) is 0 Å². The lowest BCUT2D eigenvalue weighted by Gasteiger charge is -2.25. The summed E-state index contributed by atoms with van der Waals surface area (Å²) in [6.07, 6.45) is 1.60. The molecule has 0 amide bonds. The monoisotopic (exact) mass is 252 g/mol. The van der Waals surface area contributed by atoms with Gasteiger partial charge in [-0.05, 0) is 50.3 Å². The van der Waals surface area contributed by atoms with E-state index in [0.717, 1.165) is 11.3 Å². The molecular formula is C14H20O2S. The van der Waals surface area contributed by atoms with Crippen LogP contribution in [0.4, 0.5) is 0 Å². The largest absolute Gasteiger partial charge is 0.481 e. The van der Waals surface area contributed by atoms with Gasteiger partial charge in [0.25, 0.3) is 0 Å². The van der Waals surface area contributed by atoms with E-state index >= 15 is 0 Å². The van der Waals surface area contributed by atoms with Crippen LogP contribution in [0, 0.1) is 5.41 Å². The van der Waals surface area contributed by atoms with Gasteiger partial charge in [0.1, 0.15) is 0 Å². The highest BCUT2D eigenvalue weighted by Gasteiger charge is 2.30. The van der Waals surface area contributed by atoms with Crippen LogP contribution in [0.3, 0.4) is 0 Å². The first-order valence-corrected chi connectivity index (χ1v) is 6.34. The lowest BCUT2D eigenvalue weighted by atomic mass is 9.79. The zero-order chi connectivity index (χ0) is 13.1. The molecule has 0 heterocycles. The van der Waals surface area contributed by atoms with E-state index < -0.39 is 11.4 Å². The molecule has 0 bridgehead atoms. The van der Waals surface area contributed by atoms with E-state index in [2.05, 4.69) is 19.6 Å². The smallest absolute Gasteiger partial charge is 0.309 e. The van der Waals surface area contributed by atoms with Gasteiger partial charge in [0, 0.05) is 4.90 Å². The van der Waals surface area contributed by atoms with Gasteiger partial charge in [0.15, 0.2) is 0 Å². The van der Waals surface area contributed by atoms with Gasteiger partial charge in [-0.3, -0.25) is 4.79 Å². The second-order valence-corrected chi connectivity index (χ2v) is 5.61. The maximum Gasteiger partial charge on any atom is 0.309 e. The van der Waals surface area contributed by atoms with Crippen LogP contribution < -0.4 is 0 Å². The second-order valence-electron chi connectivity index (χ2n) is 5.09. The molecule has 0 aliphatic rings. The summed E-state index contributed by atoms with van der Waals surface area (Å²) in [6, 6.07) is 7.98. The Labute approximate surface area is 108 Å². The highest BCUT2D eigenvalue weighted by molar-refractivity contribution is 7.80. The van der Waals surface area contributed by atoms with Gasteiger partial charge in [0.05, 0.1) is 5.41 Å². The molecular weight excluding hydrogens is 232 g/mol. The zero-order valence-electron chi connectivity index (χ0n) is 10.6.